The first-order valence-electron chi connectivity index (χ1n) is 10.3. The molecule has 2 rings (SSSR count). The summed E-state index contributed by atoms with van der Waals surface area (Å²) in [5, 5.41) is 0. The van der Waals surface area contributed by atoms with E-state index in [1.807, 2.05) is 52.0 Å². The van der Waals surface area contributed by atoms with Crippen LogP contribution in [-0.4, -0.2) is 25.5 Å². The molecule has 2 aromatic rings. The molecule has 0 aliphatic rings. The Balaban J connectivity index is 1.87. The molecule has 0 spiro atoms. The van der Waals surface area contributed by atoms with E-state index in [0.717, 1.165) is 24.0 Å². The SMILES string of the molecule is CCC(C)COC(=O)Oc1ccc(-c2ccc(OC(=O)OCC(C)CC)cc2)cc1. The van der Waals surface area contributed by atoms with Crippen molar-refractivity contribution in [3.8, 4) is 22.6 Å². The molecule has 0 aliphatic carbocycles. The van der Waals surface area contributed by atoms with E-state index in [2.05, 4.69) is 0 Å². The van der Waals surface area contributed by atoms with Crippen molar-refractivity contribution in [2.24, 2.45) is 11.8 Å². The van der Waals surface area contributed by atoms with E-state index in [4.69, 9.17) is 18.9 Å². The predicted molar refractivity (Wildman–Crippen MR) is 115 cm³/mol. The summed E-state index contributed by atoms with van der Waals surface area (Å²) in [5.74, 6) is 1.43. The molecule has 0 heterocycles. The molecule has 0 N–H and O–H groups in total. The Hall–Kier alpha value is -3.02. The second-order valence-corrected chi connectivity index (χ2v) is 7.40. The predicted octanol–water partition coefficient (Wildman–Crippen LogP) is 6.48. The average Bonchev–Trinajstić information content (AvgIpc) is 2.76. The summed E-state index contributed by atoms with van der Waals surface area (Å²) in [4.78, 5) is 23.4. The number of carbonyl (C=O) groups excluding carboxylic acids is 2. The largest absolute Gasteiger partial charge is 0.513 e. The summed E-state index contributed by atoms with van der Waals surface area (Å²) < 4.78 is 20.5. The Bertz CT molecular complexity index is 728. The van der Waals surface area contributed by atoms with Crippen molar-refractivity contribution >= 4 is 12.3 Å². The lowest BCUT2D eigenvalue weighted by Crippen LogP contribution is -2.15. The van der Waals surface area contributed by atoms with Gasteiger partial charge in [0, 0.05) is 0 Å². The second-order valence-electron chi connectivity index (χ2n) is 7.40. The highest BCUT2D eigenvalue weighted by molar-refractivity contribution is 5.68. The lowest BCUT2D eigenvalue weighted by atomic mass is 10.1. The summed E-state index contributed by atoms with van der Waals surface area (Å²) in [6.07, 6.45) is 0.463. The van der Waals surface area contributed by atoms with Crippen LogP contribution in [0.25, 0.3) is 11.1 Å². The molecule has 30 heavy (non-hydrogen) atoms. The highest BCUT2D eigenvalue weighted by Crippen LogP contribution is 2.25. The molecule has 6 heteroatoms. The molecule has 0 bridgehead atoms. The second kappa shape index (κ2) is 11.9. The van der Waals surface area contributed by atoms with Gasteiger partial charge in [-0.15, -0.1) is 0 Å². The van der Waals surface area contributed by atoms with Gasteiger partial charge in [0.2, 0.25) is 0 Å². The Morgan fingerprint density at radius 1 is 0.667 bits per heavy atom. The molecule has 162 valence electrons. The van der Waals surface area contributed by atoms with Gasteiger partial charge in [0.25, 0.3) is 0 Å². The first-order chi connectivity index (χ1) is 14.4. The zero-order valence-corrected chi connectivity index (χ0v) is 18.1. The molecular weight excluding hydrogens is 384 g/mol. The van der Waals surface area contributed by atoms with Crippen molar-refractivity contribution in [1.82, 2.24) is 0 Å². The fourth-order valence-corrected chi connectivity index (χ4v) is 2.34. The zero-order chi connectivity index (χ0) is 21.9. The highest BCUT2D eigenvalue weighted by Gasteiger charge is 2.10. The van der Waals surface area contributed by atoms with Gasteiger partial charge < -0.3 is 18.9 Å². The van der Waals surface area contributed by atoms with Crippen molar-refractivity contribution in [2.75, 3.05) is 13.2 Å². The van der Waals surface area contributed by atoms with Crippen molar-refractivity contribution in [3.63, 3.8) is 0 Å². The fraction of sp³-hybridized carbons (Fsp3) is 0.417. The van der Waals surface area contributed by atoms with E-state index >= 15 is 0 Å². The van der Waals surface area contributed by atoms with E-state index in [9.17, 15) is 9.59 Å². The van der Waals surface area contributed by atoms with Gasteiger partial charge in [-0.1, -0.05) is 64.8 Å². The molecule has 0 aromatic heterocycles. The van der Waals surface area contributed by atoms with Gasteiger partial charge in [-0.25, -0.2) is 9.59 Å². The fourth-order valence-electron chi connectivity index (χ4n) is 2.34. The zero-order valence-electron chi connectivity index (χ0n) is 18.1. The van der Waals surface area contributed by atoms with Crippen LogP contribution >= 0.6 is 0 Å². The third-order valence-electron chi connectivity index (χ3n) is 4.81. The number of rotatable bonds is 9. The van der Waals surface area contributed by atoms with E-state index in [1.54, 1.807) is 24.3 Å². The topological polar surface area (TPSA) is 71.1 Å². The van der Waals surface area contributed by atoms with Gasteiger partial charge in [0.15, 0.2) is 0 Å². The van der Waals surface area contributed by atoms with Crippen LogP contribution in [0, 0.1) is 11.8 Å². The third kappa shape index (κ3) is 7.78. The van der Waals surface area contributed by atoms with E-state index in [1.165, 1.54) is 0 Å². The summed E-state index contributed by atoms with van der Waals surface area (Å²) in [5.41, 5.74) is 1.86. The molecule has 2 atom stereocenters. The highest BCUT2D eigenvalue weighted by atomic mass is 16.7. The monoisotopic (exact) mass is 414 g/mol. The quantitative estimate of drug-likeness (QED) is 0.346. The first kappa shape index (κ1) is 23.3. The van der Waals surface area contributed by atoms with E-state index in [-0.39, 0.29) is 0 Å². The maximum atomic E-state index is 11.7. The maximum absolute atomic E-state index is 11.7. The van der Waals surface area contributed by atoms with Crippen LogP contribution in [0.15, 0.2) is 48.5 Å². The van der Waals surface area contributed by atoms with Gasteiger partial charge in [0.1, 0.15) is 11.5 Å². The Morgan fingerprint density at radius 3 is 1.30 bits per heavy atom. The number of ether oxygens (including phenoxy) is 4. The number of hydrogen-bond acceptors (Lipinski definition) is 6. The molecule has 0 fully saturated rings. The van der Waals surface area contributed by atoms with Crippen LogP contribution in [0.2, 0.25) is 0 Å². The van der Waals surface area contributed by atoms with Gasteiger partial charge in [-0.05, 0) is 47.2 Å². The maximum Gasteiger partial charge on any atom is 0.513 e. The van der Waals surface area contributed by atoms with Gasteiger partial charge >= 0.3 is 12.3 Å². The molecule has 6 nitrogen and oxygen atoms in total. The van der Waals surface area contributed by atoms with Crippen LogP contribution in [0.1, 0.15) is 40.5 Å². The normalized spacial score (nSPS) is 12.5. The summed E-state index contributed by atoms with van der Waals surface area (Å²) in [6, 6.07) is 14.2. The lowest BCUT2D eigenvalue weighted by Gasteiger charge is -2.11. The summed E-state index contributed by atoms with van der Waals surface area (Å²) in [6.45, 7) is 8.77. The van der Waals surface area contributed by atoms with Crippen LogP contribution in [0.4, 0.5) is 9.59 Å². The Kier molecular flexibility index (Phi) is 9.19. The molecular formula is C24H30O6. The Morgan fingerprint density at radius 2 is 1.00 bits per heavy atom. The minimum Gasteiger partial charge on any atom is -0.434 e. The van der Waals surface area contributed by atoms with Crippen molar-refractivity contribution in [2.45, 2.75) is 40.5 Å². The minimum atomic E-state index is -0.704. The third-order valence-corrected chi connectivity index (χ3v) is 4.81. The molecule has 0 saturated carbocycles. The van der Waals surface area contributed by atoms with Crippen molar-refractivity contribution in [1.29, 1.82) is 0 Å². The van der Waals surface area contributed by atoms with Crippen LogP contribution in [0.3, 0.4) is 0 Å². The number of hydrogen-bond donors (Lipinski definition) is 0. The molecule has 0 amide bonds. The van der Waals surface area contributed by atoms with Gasteiger partial charge in [0.05, 0.1) is 13.2 Å². The van der Waals surface area contributed by atoms with Crippen LogP contribution in [-0.2, 0) is 9.47 Å². The van der Waals surface area contributed by atoms with E-state index < -0.39 is 12.3 Å². The standard InChI is InChI=1S/C24H30O6/c1-5-17(3)15-27-23(25)29-21-11-7-19(8-12-21)20-9-13-22(14-10-20)30-24(26)28-16-18(4)6-2/h7-14,17-18H,5-6,15-16H2,1-4H3. The molecule has 0 radical (unpaired) electrons. The smallest absolute Gasteiger partial charge is 0.434 e. The van der Waals surface area contributed by atoms with Crippen LogP contribution < -0.4 is 9.47 Å². The summed E-state index contributed by atoms with van der Waals surface area (Å²) >= 11 is 0. The number of carbonyl (C=O) groups is 2. The summed E-state index contributed by atoms with van der Waals surface area (Å²) in [7, 11) is 0. The Labute approximate surface area is 178 Å². The number of benzene rings is 2. The molecule has 0 saturated heterocycles. The van der Waals surface area contributed by atoms with Gasteiger partial charge in [-0.2, -0.15) is 0 Å². The lowest BCUT2D eigenvalue weighted by molar-refractivity contribution is 0.0848. The van der Waals surface area contributed by atoms with E-state index in [0.29, 0.717) is 36.5 Å². The first-order valence-corrected chi connectivity index (χ1v) is 10.3. The van der Waals surface area contributed by atoms with Crippen molar-refractivity contribution < 1.29 is 28.5 Å². The van der Waals surface area contributed by atoms with Crippen LogP contribution in [0.5, 0.6) is 11.5 Å². The minimum absolute atomic E-state index is 0.300. The van der Waals surface area contributed by atoms with Crippen molar-refractivity contribution in [3.05, 3.63) is 48.5 Å². The molecule has 2 aromatic carbocycles. The van der Waals surface area contributed by atoms with Gasteiger partial charge in [-0.3, -0.25) is 0 Å². The molecule has 2 unspecified atom stereocenters. The average molecular weight is 414 g/mol. The molecule has 0 aliphatic heterocycles.